The maximum absolute atomic E-state index is 13.7. The van der Waals surface area contributed by atoms with Crippen molar-refractivity contribution in [2.24, 2.45) is 15.2 Å². The minimum atomic E-state index is -1.29. The zero-order valence-corrected chi connectivity index (χ0v) is 29.1. The Kier molecular flexibility index (Phi) is 14.2. The number of carbonyl (C=O) groups excluding carboxylic acids is 2. The number of hydrogen-bond acceptors (Lipinski definition) is 6. The molecule has 1 aliphatic rings. The van der Waals surface area contributed by atoms with Crippen LogP contribution in [-0.2, 0) is 4.79 Å². The molecular formula is C34H38Cl4N6O3. The molecule has 9 nitrogen and oxygen atoms in total. The number of unbranched alkanes of at least 4 members (excludes halogenated alkanes) is 9. The lowest BCUT2D eigenvalue weighted by molar-refractivity contribution is -0.117. The van der Waals surface area contributed by atoms with Crippen LogP contribution in [0.1, 0.15) is 81.5 Å². The van der Waals surface area contributed by atoms with Gasteiger partial charge in [-0.25, -0.2) is 10.0 Å². The number of benzene rings is 3. The molecule has 0 aromatic heterocycles. The number of azo groups is 1. The number of carbonyl (C=O) groups is 2. The zero-order chi connectivity index (χ0) is 33.8. The smallest absolute Gasteiger partial charge is 0.280 e. The third kappa shape index (κ3) is 10.3. The Morgan fingerprint density at radius 2 is 1.49 bits per heavy atom. The Labute approximate surface area is 295 Å². The summed E-state index contributed by atoms with van der Waals surface area (Å²) < 4.78 is 0. The molecule has 4 rings (SSSR count). The lowest BCUT2D eigenvalue weighted by atomic mass is 10.1. The SMILES string of the molecule is CCCCCCCCCCCCNC(=O)c1ccc(Cl)c(N=C2NN(c3c(Cl)cc(Cl)cc3Cl)C(=O)C2N=Nc2ccccc2O)c1. The Morgan fingerprint density at radius 3 is 2.15 bits per heavy atom. The molecule has 1 aliphatic heterocycles. The van der Waals surface area contributed by atoms with E-state index in [0.29, 0.717) is 12.1 Å². The van der Waals surface area contributed by atoms with E-state index < -0.39 is 11.9 Å². The van der Waals surface area contributed by atoms with Crippen LogP contribution in [0.25, 0.3) is 0 Å². The standard InChI is InChI=1S/C34H38Cl4N6O3/c1-2-3-4-5-6-7-8-9-10-13-18-39-33(46)22-16-17-24(36)28(19-22)40-32-30(42-41-27-14-11-12-15-29(27)45)34(47)44(43-32)31-25(37)20-23(35)21-26(31)38/h11-12,14-17,19-21,30,45H,2-10,13,18H2,1H3,(H,39,46)(H,40,43). The predicted octanol–water partition coefficient (Wildman–Crippen LogP) is 10.4. The molecule has 47 heavy (non-hydrogen) atoms. The number of hydrazine groups is 1. The third-order valence-electron chi connectivity index (χ3n) is 7.57. The highest BCUT2D eigenvalue weighted by atomic mass is 35.5. The molecule has 1 atom stereocenters. The topological polar surface area (TPSA) is 119 Å². The Morgan fingerprint density at radius 1 is 0.851 bits per heavy atom. The lowest BCUT2D eigenvalue weighted by Gasteiger charge is -2.19. The summed E-state index contributed by atoms with van der Waals surface area (Å²) in [4.78, 5) is 31.2. The van der Waals surface area contributed by atoms with E-state index in [1.165, 1.54) is 69.2 Å². The summed E-state index contributed by atoms with van der Waals surface area (Å²) in [6.45, 7) is 2.79. The van der Waals surface area contributed by atoms with E-state index in [0.717, 1.165) is 24.3 Å². The van der Waals surface area contributed by atoms with Crippen molar-refractivity contribution in [3.63, 3.8) is 0 Å². The van der Waals surface area contributed by atoms with E-state index in [2.05, 4.69) is 32.9 Å². The molecule has 0 aliphatic carbocycles. The minimum Gasteiger partial charge on any atom is -0.506 e. The van der Waals surface area contributed by atoms with Gasteiger partial charge < -0.3 is 10.4 Å². The first-order chi connectivity index (χ1) is 22.7. The largest absolute Gasteiger partial charge is 0.506 e. The lowest BCUT2D eigenvalue weighted by Crippen LogP contribution is -2.36. The van der Waals surface area contributed by atoms with Gasteiger partial charge in [0.2, 0.25) is 6.04 Å². The van der Waals surface area contributed by atoms with Crippen molar-refractivity contribution in [1.29, 1.82) is 0 Å². The maximum atomic E-state index is 13.7. The van der Waals surface area contributed by atoms with Crippen LogP contribution < -0.4 is 15.8 Å². The summed E-state index contributed by atoms with van der Waals surface area (Å²) in [6.07, 6.45) is 12.1. The minimum absolute atomic E-state index is 0.0427. The summed E-state index contributed by atoms with van der Waals surface area (Å²) in [6, 6.07) is 12.6. The fraction of sp³-hybridized carbons (Fsp3) is 0.382. The van der Waals surface area contributed by atoms with Gasteiger partial charge in [-0.1, -0.05) is 123 Å². The van der Waals surface area contributed by atoms with Crippen LogP contribution in [0, 0.1) is 0 Å². The number of nitrogens with zero attached hydrogens (tertiary/aromatic N) is 4. The number of rotatable bonds is 16. The number of nitrogens with one attached hydrogen (secondary N) is 2. The van der Waals surface area contributed by atoms with Gasteiger partial charge in [0.05, 0.1) is 20.8 Å². The molecule has 3 aromatic rings. The van der Waals surface area contributed by atoms with Gasteiger partial charge in [0.1, 0.15) is 17.1 Å². The van der Waals surface area contributed by atoms with E-state index >= 15 is 0 Å². The molecule has 1 heterocycles. The van der Waals surface area contributed by atoms with Gasteiger partial charge >= 0.3 is 0 Å². The predicted molar refractivity (Wildman–Crippen MR) is 191 cm³/mol. The molecule has 1 unspecified atom stereocenters. The summed E-state index contributed by atoms with van der Waals surface area (Å²) >= 11 is 25.4. The third-order valence-corrected chi connectivity index (χ3v) is 8.69. The van der Waals surface area contributed by atoms with Crippen LogP contribution in [0.4, 0.5) is 17.1 Å². The highest BCUT2D eigenvalue weighted by Gasteiger charge is 2.41. The molecular weight excluding hydrogens is 682 g/mol. The summed E-state index contributed by atoms with van der Waals surface area (Å²) in [5.74, 6) is -0.934. The first kappa shape index (κ1) is 36.5. The number of phenols is 1. The van der Waals surface area contributed by atoms with E-state index in [9.17, 15) is 14.7 Å². The van der Waals surface area contributed by atoms with Crippen LogP contribution in [0.5, 0.6) is 5.75 Å². The van der Waals surface area contributed by atoms with Crippen molar-refractivity contribution in [1.82, 2.24) is 10.7 Å². The van der Waals surface area contributed by atoms with Crippen LogP contribution >= 0.6 is 46.4 Å². The van der Waals surface area contributed by atoms with Crippen LogP contribution in [0.3, 0.4) is 0 Å². The van der Waals surface area contributed by atoms with Gasteiger partial charge in [-0.15, -0.1) is 0 Å². The van der Waals surface area contributed by atoms with Crippen molar-refractivity contribution >= 4 is 81.1 Å². The van der Waals surface area contributed by atoms with Gasteiger partial charge in [-0.3, -0.25) is 15.0 Å². The van der Waals surface area contributed by atoms with E-state index in [1.54, 1.807) is 30.3 Å². The molecule has 1 fully saturated rings. The normalized spacial score (nSPS) is 15.5. The second-order valence-electron chi connectivity index (χ2n) is 11.2. The highest BCUT2D eigenvalue weighted by Crippen LogP contribution is 2.38. The molecule has 250 valence electrons. The summed E-state index contributed by atoms with van der Waals surface area (Å²) in [5.41, 5.74) is 3.79. The van der Waals surface area contributed by atoms with Gasteiger partial charge in [-0.05, 0) is 48.9 Å². The van der Waals surface area contributed by atoms with Crippen LogP contribution in [0.15, 0.2) is 69.8 Å². The number of halogens is 4. The van der Waals surface area contributed by atoms with Gasteiger partial charge in [-0.2, -0.15) is 10.2 Å². The molecule has 0 saturated carbocycles. The summed E-state index contributed by atoms with van der Waals surface area (Å²) in [5, 5.41) is 23.3. The van der Waals surface area contributed by atoms with E-state index in [4.69, 9.17) is 46.4 Å². The van der Waals surface area contributed by atoms with Crippen molar-refractivity contribution in [3.8, 4) is 5.75 Å². The molecule has 3 aromatic carbocycles. The second kappa shape index (κ2) is 18.2. The zero-order valence-electron chi connectivity index (χ0n) is 26.1. The number of aliphatic imine (C=N–C) groups is 1. The van der Waals surface area contributed by atoms with Crippen molar-refractivity contribution < 1.29 is 14.7 Å². The number of aromatic hydroxyl groups is 1. The first-order valence-corrected chi connectivity index (χ1v) is 17.3. The number of amides is 2. The number of para-hydroxylation sites is 1. The first-order valence-electron chi connectivity index (χ1n) is 15.8. The van der Waals surface area contributed by atoms with Gasteiger partial charge in [0.25, 0.3) is 11.8 Å². The van der Waals surface area contributed by atoms with Crippen molar-refractivity contribution in [2.45, 2.75) is 77.2 Å². The fourth-order valence-corrected chi connectivity index (χ4v) is 6.17. The number of amidine groups is 1. The molecule has 2 amide bonds. The number of hydrogen-bond donors (Lipinski definition) is 3. The second-order valence-corrected chi connectivity index (χ2v) is 12.9. The number of anilines is 1. The molecule has 0 bridgehead atoms. The molecule has 0 spiro atoms. The Hall–Kier alpha value is -3.37. The average molecular weight is 721 g/mol. The fourth-order valence-electron chi connectivity index (χ4n) is 5.03. The van der Waals surface area contributed by atoms with Crippen LogP contribution in [0.2, 0.25) is 20.1 Å². The Balaban J connectivity index is 1.47. The Bertz CT molecular complexity index is 1590. The maximum Gasteiger partial charge on any atom is 0.280 e. The van der Waals surface area contributed by atoms with E-state index in [1.807, 2.05) is 0 Å². The molecule has 1 saturated heterocycles. The molecule has 0 radical (unpaired) electrons. The van der Waals surface area contributed by atoms with Gasteiger partial charge in [0.15, 0.2) is 5.84 Å². The van der Waals surface area contributed by atoms with Crippen molar-refractivity contribution in [3.05, 3.63) is 80.3 Å². The molecule has 3 N–H and O–H groups in total. The van der Waals surface area contributed by atoms with Crippen LogP contribution in [-0.4, -0.2) is 35.3 Å². The quantitative estimate of drug-likeness (QED) is 0.101. The van der Waals surface area contributed by atoms with Crippen molar-refractivity contribution in [2.75, 3.05) is 11.6 Å². The van der Waals surface area contributed by atoms with Gasteiger partial charge in [0, 0.05) is 17.1 Å². The molecule has 13 heteroatoms. The summed E-state index contributed by atoms with van der Waals surface area (Å²) in [7, 11) is 0. The average Bonchev–Trinajstić information content (AvgIpc) is 3.33. The number of phenolic OH excluding ortho intramolecular Hbond substituents is 1. The van der Waals surface area contributed by atoms with E-state index in [-0.39, 0.29) is 54.6 Å². The highest BCUT2D eigenvalue weighted by molar-refractivity contribution is 6.43. The monoisotopic (exact) mass is 718 g/mol.